The number of Topliss-reactive ketones (excluding diaryl/α,β-unsaturated/α-hetero) is 1. The molecule has 0 unspecified atom stereocenters. The van der Waals surface area contributed by atoms with Gasteiger partial charge < -0.3 is 5.11 Å². The molecule has 4 aliphatic carbocycles. The maximum Gasteiger partial charge on any atom is 0.139 e. The van der Waals surface area contributed by atoms with E-state index in [9.17, 15) is 9.90 Å². The minimum Gasteiger partial charge on any atom is -0.390 e. The van der Waals surface area contributed by atoms with Crippen LogP contribution in [0.3, 0.4) is 0 Å². The van der Waals surface area contributed by atoms with Crippen molar-refractivity contribution in [3.63, 3.8) is 0 Å². The lowest BCUT2D eigenvalue weighted by atomic mass is 9.43. The molecule has 7 atom stereocenters. The Morgan fingerprint density at radius 2 is 1.83 bits per heavy atom. The normalized spacial score (nSPS) is 55.9. The maximum atomic E-state index is 12.5. The van der Waals surface area contributed by atoms with Gasteiger partial charge in [0.05, 0.1) is 5.60 Å². The van der Waals surface area contributed by atoms with E-state index in [1.54, 1.807) is 0 Å². The lowest BCUT2D eigenvalue weighted by molar-refractivity contribution is -0.157. The molecule has 1 N–H and O–H groups in total. The highest BCUT2D eigenvalue weighted by Gasteiger charge is 2.61. The average molecular weight is 319 g/mol. The molecule has 2 nitrogen and oxygen atoms in total. The van der Waals surface area contributed by atoms with E-state index in [4.69, 9.17) is 0 Å². The molecule has 0 radical (unpaired) electrons. The van der Waals surface area contributed by atoms with Crippen LogP contribution >= 0.6 is 0 Å². The molecule has 0 spiro atoms. The van der Waals surface area contributed by atoms with Crippen LogP contribution in [0.5, 0.6) is 0 Å². The highest BCUT2D eigenvalue weighted by atomic mass is 16.3. The van der Waals surface area contributed by atoms with E-state index in [1.165, 1.54) is 32.1 Å². The van der Waals surface area contributed by atoms with Gasteiger partial charge in [-0.05, 0) is 93.8 Å². The van der Waals surface area contributed by atoms with Gasteiger partial charge in [-0.2, -0.15) is 0 Å². The van der Waals surface area contributed by atoms with E-state index in [0.29, 0.717) is 23.0 Å². The van der Waals surface area contributed by atoms with E-state index in [-0.39, 0.29) is 5.41 Å². The summed E-state index contributed by atoms with van der Waals surface area (Å²) in [7, 11) is 0. The summed E-state index contributed by atoms with van der Waals surface area (Å²) in [6.07, 6.45) is 11.4. The van der Waals surface area contributed by atoms with Gasteiger partial charge in [0.2, 0.25) is 0 Å². The average Bonchev–Trinajstić information content (AvgIpc) is 2.82. The van der Waals surface area contributed by atoms with Gasteiger partial charge in [0.15, 0.2) is 0 Å². The molecule has 0 bridgehead atoms. The van der Waals surface area contributed by atoms with Crippen LogP contribution in [0, 0.1) is 34.5 Å². The van der Waals surface area contributed by atoms with E-state index < -0.39 is 5.60 Å². The first kappa shape index (κ1) is 16.1. The summed E-state index contributed by atoms with van der Waals surface area (Å²) >= 11 is 0. The molecule has 0 aromatic rings. The second-order valence-electron chi connectivity index (χ2n) is 9.86. The van der Waals surface area contributed by atoms with Gasteiger partial charge >= 0.3 is 0 Å². The largest absolute Gasteiger partial charge is 0.390 e. The molecule has 0 aromatic heterocycles. The van der Waals surface area contributed by atoms with E-state index >= 15 is 0 Å². The van der Waals surface area contributed by atoms with Crippen LogP contribution in [-0.4, -0.2) is 16.5 Å². The Morgan fingerprint density at radius 1 is 1.04 bits per heavy atom. The second kappa shape index (κ2) is 5.07. The number of hydrogen-bond acceptors (Lipinski definition) is 2. The van der Waals surface area contributed by atoms with Crippen LogP contribution in [0.25, 0.3) is 0 Å². The lowest BCUT2D eigenvalue weighted by Gasteiger charge is -2.62. The molecular formula is C21H34O2. The molecule has 0 amide bonds. The number of ketones is 1. The third kappa shape index (κ3) is 2.12. The van der Waals surface area contributed by atoms with Crippen molar-refractivity contribution in [2.24, 2.45) is 34.5 Å². The van der Waals surface area contributed by atoms with Crippen molar-refractivity contribution in [2.75, 3.05) is 0 Å². The summed E-state index contributed by atoms with van der Waals surface area (Å²) in [5.74, 6) is 3.51. The first-order valence-electron chi connectivity index (χ1n) is 10.1. The minimum absolute atomic E-state index is 0.00307. The molecule has 0 aromatic carbocycles. The third-order valence-corrected chi connectivity index (χ3v) is 9.02. The minimum atomic E-state index is -0.442. The number of aliphatic hydroxyl groups is 1. The predicted octanol–water partition coefficient (Wildman–Crippen LogP) is 4.74. The highest BCUT2D eigenvalue weighted by molar-refractivity contribution is 5.87. The van der Waals surface area contributed by atoms with Crippen molar-refractivity contribution in [2.45, 2.75) is 90.6 Å². The SMILES string of the molecule is CC[C@]12CC[C@@](C)(O)C[C@@H]1CC[C@@H]1[C@@H]2CC[C@]2(C)C(=O)CC[C@@H]12. The van der Waals surface area contributed by atoms with Crippen LogP contribution in [-0.2, 0) is 4.79 Å². The molecular weight excluding hydrogens is 284 g/mol. The Kier molecular flexibility index (Phi) is 3.55. The molecule has 0 heterocycles. The molecule has 130 valence electrons. The van der Waals surface area contributed by atoms with Gasteiger partial charge in [-0.25, -0.2) is 0 Å². The molecule has 2 heteroatoms. The summed E-state index contributed by atoms with van der Waals surface area (Å²) in [6, 6.07) is 0. The van der Waals surface area contributed by atoms with Crippen LogP contribution in [0.2, 0.25) is 0 Å². The number of carbonyl (C=O) groups excluding carboxylic acids is 1. The molecule has 4 rings (SSSR count). The fourth-order valence-electron chi connectivity index (χ4n) is 7.72. The zero-order valence-electron chi connectivity index (χ0n) is 15.2. The Labute approximate surface area is 141 Å². The summed E-state index contributed by atoms with van der Waals surface area (Å²) in [4.78, 5) is 12.5. The molecule has 23 heavy (non-hydrogen) atoms. The van der Waals surface area contributed by atoms with E-state index in [2.05, 4.69) is 13.8 Å². The third-order valence-electron chi connectivity index (χ3n) is 9.02. The molecule has 4 aliphatic rings. The van der Waals surface area contributed by atoms with E-state index in [0.717, 1.165) is 43.9 Å². The van der Waals surface area contributed by atoms with Crippen molar-refractivity contribution >= 4 is 5.78 Å². The second-order valence-corrected chi connectivity index (χ2v) is 9.86. The van der Waals surface area contributed by atoms with Crippen molar-refractivity contribution in [3.05, 3.63) is 0 Å². The highest BCUT2D eigenvalue weighted by Crippen LogP contribution is 2.67. The van der Waals surface area contributed by atoms with Gasteiger partial charge in [-0.1, -0.05) is 13.8 Å². The lowest BCUT2D eigenvalue weighted by Crippen LogP contribution is -2.56. The Balaban J connectivity index is 1.66. The van der Waals surface area contributed by atoms with Crippen molar-refractivity contribution in [1.29, 1.82) is 0 Å². The predicted molar refractivity (Wildman–Crippen MR) is 92.0 cm³/mol. The quantitative estimate of drug-likeness (QED) is 0.758. The maximum absolute atomic E-state index is 12.5. The smallest absolute Gasteiger partial charge is 0.139 e. The standard InChI is InChI=1S/C21H34O2/c1-4-21-12-11-19(2,23)13-14(21)5-6-15-16-7-8-18(22)20(16,3)10-9-17(15)21/h14-17,23H,4-13H2,1-3H3/t14-,15-,16-,17-,19+,20-,21-/m0/s1. The summed E-state index contributed by atoms with van der Waals surface area (Å²) in [5, 5.41) is 10.6. The molecule has 4 fully saturated rings. The molecule has 0 saturated heterocycles. The van der Waals surface area contributed by atoms with Crippen molar-refractivity contribution in [1.82, 2.24) is 0 Å². The van der Waals surface area contributed by atoms with E-state index in [1.807, 2.05) is 6.92 Å². The van der Waals surface area contributed by atoms with Crippen LogP contribution in [0.15, 0.2) is 0 Å². The Morgan fingerprint density at radius 3 is 2.57 bits per heavy atom. The monoisotopic (exact) mass is 318 g/mol. The topological polar surface area (TPSA) is 37.3 Å². The fraction of sp³-hybridized carbons (Fsp3) is 0.952. The van der Waals surface area contributed by atoms with Crippen LogP contribution in [0.1, 0.15) is 85.0 Å². The van der Waals surface area contributed by atoms with Crippen molar-refractivity contribution in [3.8, 4) is 0 Å². The summed E-state index contributed by atoms with van der Waals surface area (Å²) in [6.45, 7) is 6.72. The Hall–Kier alpha value is -0.370. The van der Waals surface area contributed by atoms with Crippen molar-refractivity contribution < 1.29 is 9.90 Å². The zero-order valence-corrected chi connectivity index (χ0v) is 15.2. The van der Waals surface area contributed by atoms with Gasteiger partial charge in [-0.15, -0.1) is 0 Å². The van der Waals surface area contributed by atoms with Crippen LogP contribution < -0.4 is 0 Å². The first-order valence-corrected chi connectivity index (χ1v) is 10.1. The molecule has 4 saturated carbocycles. The van der Waals surface area contributed by atoms with Crippen LogP contribution in [0.4, 0.5) is 0 Å². The zero-order chi connectivity index (χ0) is 16.5. The fourth-order valence-corrected chi connectivity index (χ4v) is 7.72. The van der Waals surface area contributed by atoms with Gasteiger partial charge in [0.1, 0.15) is 5.78 Å². The number of rotatable bonds is 1. The Bertz CT molecular complexity index is 510. The molecule has 0 aliphatic heterocycles. The van der Waals surface area contributed by atoms with Gasteiger partial charge in [0.25, 0.3) is 0 Å². The van der Waals surface area contributed by atoms with Gasteiger partial charge in [-0.3, -0.25) is 4.79 Å². The summed E-state index contributed by atoms with van der Waals surface area (Å²) in [5.41, 5.74) is 0.0178. The number of carbonyl (C=O) groups is 1. The van der Waals surface area contributed by atoms with Gasteiger partial charge in [0, 0.05) is 11.8 Å². The number of fused-ring (bicyclic) bond motifs is 5. The summed E-state index contributed by atoms with van der Waals surface area (Å²) < 4.78 is 0. The first-order chi connectivity index (χ1) is 10.8. The number of hydrogen-bond donors (Lipinski definition) is 1.